The minimum absolute atomic E-state index is 0. The van der Waals surface area contributed by atoms with E-state index in [2.05, 4.69) is 0 Å². The molecule has 0 atom stereocenters. The van der Waals surface area contributed by atoms with Crippen molar-refractivity contribution in [1.82, 2.24) is 0 Å². The summed E-state index contributed by atoms with van der Waals surface area (Å²) in [7, 11) is -4.92. The van der Waals surface area contributed by atoms with E-state index in [1.54, 1.807) is 0 Å². The van der Waals surface area contributed by atoms with Crippen LogP contribution in [0.5, 0.6) is 0 Å². The molecular weight excluding hydrogens is 286 g/mol. The van der Waals surface area contributed by atoms with Gasteiger partial charge in [0, 0.05) is 19.8 Å². The molecular formula is HO4OsS-. The zero-order valence-corrected chi connectivity index (χ0v) is 5.79. The van der Waals surface area contributed by atoms with Crippen LogP contribution in [0.2, 0.25) is 0 Å². The summed E-state index contributed by atoms with van der Waals surface area (Å²) >= 11 is 0. The third kappa shape index (κ3) is 216. The molecule has 0 aliphatic heterocycles. The molecule has 0 aromatic rings. The van der Waals surface area contributed by atoms with Crippen molar-refractivity contribution in [2.45, 2.75) is 0 Å². The second-order valence-corrected chi connectivity index (χ2v) is 1.28. The molecule has 0 fully saturated rings. The van der Waals surface area contributed by atoms with Crippen molar-refractivity contribution in [3.8, 4) is 0 Å². The molecule has 0 saturated carbocycles. The first-order valence-electron chi connectivity index (χ1n) is 0.683. The van der Waals surface area contributed by atoms with Crippen LogP contribution in [0.1, 0.15) is 0 Å². The Labute approximate surface area is 48.2 Å². The fourth-order valence-corrected chi connectivity index (χ4v) is 0. The molecule has 4 nitrogen and oxygen atoms in total. The predicted octanol–water partition coefficient (Wildman–Crippen LogP) is -0.998. The topological polar surface area (TPSA) is 77.4 Å². The average Bonchev–Trinajstić information content (AvgIpc) is 0.722. The van der Waals surface area contributed by atoms with Gasteiger partial charge in [0.15, 0.2) is 0 Å². The zero-order chi connectivity index (χ0) is 4.50. The minimum atomic E-state index is -4.92. The van der Waals surface area contributed by atoms with E-state index >= 15 is 0 Å². The van der Waals surface area contributed by atoms with Crippen molar-refractivity contribution < 1.29 is 37.3 Å². The minimum Gasteiger partial charge on any atom is -0.726 e. The fourth-order valence-electron chi connectivity index (χ4n) is 0. The standard InChI is InChI=1S/H2O4S.Os/c1-5(2,3)4;/h(H2,1,2,3,4);/p-1. The first-order chi connectivity index (χ1) is 2.00. The van der Waals surface area contributed by atoms with Crippen molar-refractivity contribution in [3.63, 3.8) is 0 Å². The normalized spacial score (nSPS) is 9.67. The smallest absolute Gasteiger partial charge is 0.215 e. The van der Waals surface area contributed by atoms with Gasteiger partial charge in [0.2, 0.25) is 10.4 Å². The summed E-state index contributed by atoms with van der Waals surface area (Å²) in [5, 5.41) is 0. The Morgan fingerprint density at radius 3 is 1.50 bits per heavy atom. The number of hydrogen-bond donors (Lipinski definition) is 1. The van der Waals surface area contributed by atoms with Gasteiger partial charge in [0.05, 0.1) is 0 Å². The molecule has 0 aromatic carbocycles. The van der Waals surface area contributed by atoms with E-state index < -0.39 is 10.4 Å². The van der Waals surface area contributed by atoms with E-state index in [4.69, 9.17) is 17.5 Å². The van der Waals surface area contributed by atoms with Crippen LogP contribution in [0.3, 0.4) is 0 Å². The van der Waals surface area contributed by atoms with E-state index in [0.29, 0.717) is 0 Å². The summed E-state index contributed by atoms with van der Waals surface area (Å²) in [5.74, 6) is 0. The van der Waals surface area contributed by atoms with Crippen LogP contribution < -0.4 is 0 Å². The quantitative estimate of drug-likeness (QED) is 0.458. The Hall–Kier alpha value is 0.506. The third-order valence-electron chi connectivity index (χ3n) is 0. The van der Waals surface area contributed by atoms with Gasteiger partial charge in [0.1, 0.15) is 0 Å². The molecule has 0 heterocycles. The van der Waals surface area contributed by atoms with Crippen LogP contribution in [-0.2, 0) is 30.2 Å². The van der Waals surface area contributed by atoms with E-state index in [1.807, 2.05) is 0 Å². The van der Waals surface area contributed by atoms with E-state index in [0.717, 1.165) is 0 Å². The van der Waals surface area contributed by atoms with Crippen molar-refractivity contribution in [2.24, 2.45) is 0 Å². The first-order valence-corrected chi connectivity index (χ1v) is 2.05. The summed E-state index contributed by atoms with van der Waals surface area (Å²) < 4.78 is 32.8. The van der Waals surface area contributed by atoms with Gasteiger partial charge in [-0.3, -0.25) is 4.55 Å². The summed E-state index contributed by atoms with van der Waals surface area (Å²) in [4.78, 5) is 0. The Kier molecular flexibility index (Phi) is 4.28. The van der Waals surface area contributed by atoms with Crippen LogP contribution in [0.15, 0.2) is 0 Å². The van der Waals surface area contributed by atoms with Crippen LogP contribution in [0, 0.1) is 0 Å². The largest absolute Gasteiger partial charge is 0.726 e. The van der Waals surface area contributed by atoms with Gasteiger partial charge in [-0.05, 0) is 0 Å². The molecule has 0 radical (unpaired) electrons. The van der Waals surface area contributed by atoms with E-state index in [1.165, 1.54) is 0 Å². The van der Waals surface area contributed by atoms with Crippen LogP contribution >= 0.6 is 0 Å². The molecule has 6 heteroatoms. The summed E-state index contributed by atoms with van der Waals surface area (Å²) in [6.07, 6.45) is 0. The molecule has 0 aromatic heterocycles. The maximum absolute atomic E-state index is 8.63. The molecule has 6 heavy (non-hydrogen) atoms. The van der Waals surface area contributed by atoms with E-state index in [-0.39, 0.29) is 19.8 Å². The van der Waals surface area contributed by atoms with Gasteiger partial charge in [-0.2, -0.15) is 0 Å². The third-order valence-corrected chi connectivity index (χ3v) is 0. The molecule has 0 unspecified atom stereocenters. The second kappa shape index (κ2) is 2.64. The zero-order valence-electron chi connectivity index (χ0n) is 2.43. The van der Waals surface area contributed by atoms with Crippen LogP contribution in [0.25, 0.3) is 0 Å². The average molecular weight is 287 g/mol. The molecule has 0 spiro atoms. The maximum atomic E-state index is 8.63. The van der Waals surface area contributed by atoms with Gasteiger partial charge in [-0.1, -0.05) is 0 Å². The van der Waals surface area contributed by atoms with Gasteiger partial charge in [0.25, 0.3) is 0 Å². The number of hydrogen-bond acceptors (Lipinski definition) is 3. The fraction of sp³-hybridized carbons (Fsp3) is 0. The second-order valence-electron chi connectivity index (χ2n) is 0.428. The van der Waals surface area contributed by atoms with Crippen molar-refractivity contribution >= 4 is 10.4 Å². The van der Waals surface area contributed by atoms with Crippen molar-refractivity contribution in [3.05, 3.63) is 0 Å². The summed E-state index contributed by atoms with van der Waals surface area (Å²) in [5.41, 5.74) is 0. The summed E-state index contributed by atoms with van der Waals surface area (Å²) in [6, 6.07) is 0. The van der Waals surface area contributed by atoms with Gasteiger partial charge >= 0.3 is 0 Å². The number of rotatable bonds is 0. The Balaban J connectivity index is 0. The van der Waals surface area contributed by atoms with Crippen molar-refractivity contribution in [2.75, 3.05) is 0 Å². The maximum Gasteiger partial charge on any atom is 0.215 e. The molecule has 1 N–H and O–H groups in total. The monoisotopic (exact) mass is 289 g/mol. The Morgan fingerprint density at radius 2 is 1.50 bits per heavy atom. The summed E-state index contributed by atoms with van der Waals surface area (Å²) in [6.45, 7) is 0. The van der Waals surface area contributed by atoms with Gasteiger partial charge < -0.3 is 4.55 Å². The van der Waals surface area contributed by atoms with Gasteiger partial charge in [-0.15, -0.1) is 0 Å². The molecule has 0 rings (SSSR count). The molecule has 0 bridgehead atoms. The van der Waals surface area contributed by atoms with Crippen molar-refractivity contribution in [1.29, 1.82) is 0 Å². The molecule has 40 valence electrons. The van der Waals surface area contributed by atoms with Crippen LogP contribution in [-0.4, -0.2) is 17.5 Å². The predicted molar refractivity (Wildman–Crippen MR) is 12.3 cm³/mol. The Morgan fingerprint density at radius 1 is 1.50 bits per heavy atom. The molecule has 0 saturated heterocycles. The molecule has 0 aliphatic rings. The van der Waals surface area contributed by atoms with Gasteiger partial charge in [-0.25, -0.2) is 8.42 Å². The van der Waals surface area contributed by atoms with Crippen LogP contribution in [0.4, 0.5) is 0 Å². The van der Waals surface area contributed by atoms with E-state index in [9.17, 15) is 0 Å². The Bertz CT molecular complexity index is 90.7. The SMILES string of the molecule is O=S(=O)([O-])O.[Os]. The molecule has 0 aliphatic carbocycles. The first kappa shape index (κ1) is 9.71. The molecule has 0 amide bonds.